The molecule has 1 aromatic carbocycles. The highest BCUT2D eigenvalue weighted by atomic mass is 19.4. The number of hydrogen-bond acceptors (Lipinski definition) is 5. The number of nitrogens with one attached hydrogen (secondary N) is 2. The average Bonchev–Trinajstić information content (AvgIpc) is 3.32. The van der Waals surface area contributed by atoms with E-state index in [2.05, 4.69) is 20.3 Å². The molecule has 1 saturated carbocycles. The predicted octanol–water partition coefficient (Wildman–Crippen LogP) is 4.74. The summed E-state index contributed by atoms with van der Waals surface area (Å²) < 4.78 is 110. The maximum Gasteiger partial charge on any atom is 0.390 e. The van der Waals surface area contributed by atoms with Crippen molar-refractivity contribution in [2.24, 2.45) is 16.6 Å². The number of carbonyl (C=O) groups excluding carboxylic acids is 2. The fraction of sp³-hybridized carbons (Fsp3) is 0.538. The first-order chi connectivity index (χ1) is 19.5. The van der Waals surface area contributed by atoms with E-state index >= 15 is 4.39 Å². The molecule has 1 aliphatic carbocycles. The molecule has 2 heterocycles. The molecule has 1 aliphatic heterocycles. The van der Waals surface area contributed by atoms with Crippen molar-refractivity contribution < 1.29 is 44.7 Å². The van der Waals surface area contributed by atoms with Gasteiger partial charge in [0.05, 0.1) is 37.0 Å². The molecule has 4 N–H and O–H groups in total. The quantitative estimate of drug-likeness (QED) is 0.297. The van der Waals surface area contributed by atoms with Crippen LogP contribution in [0.4, 0.5) is 35.1 Å². The first-order valence-electron chi connectivity index (χ1n) is 13.0. The molecule has 1 saturated heterocycles. The molecule has 42 heavy (non-hydrogen) atoms. The molecule has 0 bridgehead atoms. The Bertz CT molecular complexity index is 1390. The van der Waals surface area contributed by atoms with E-state index in [0.29, 0.717) is 4.90 Å². The van der Waals surface area contributed by atoms with Gasteiger partial charge in [0.25, 0.3) is 11.8 Å². The summed E-state index contributed by atoms with van der Waals surface area (Å²) >= 11 is 0. The number of likely N-dealkylation sites (tertiary alicyclic amines) is 1. The van der Waals surface area contributed by atoms with E-state index in [0.717, 1.165) is 12.3 Å². The van der Waals surface area contributed by atoms with Crippen molar-refractivity contribution in [2.75, 3.05) is 20.1 Å². The number of nitrogens with zero attached hydrogens (tertiary/aromatic N) is 3. The molecule has 0 spiro atoms. The maximum atomic E-state index is 15.8. The molecule has 2 amide bonds. The summed E-state index contributed by atoms with van der Waals surface area (Å²) in [5.41, 5.74) is 4.08. The van der Waals surface area contributed by atoms with Crippen molar-refractivity contribution in [1.82, 2.24) is 20.2 Å². The Labute approximate surface area is 234 Å². The molecule has 2 aromatic rings. The summed E-state index contributed by atoms with van der Waals surface area (Å²) in [7, 11) is 1.32. The lowest BCUT2D eigenvalue weighted by atomic mass is 9.81. The molecule has 1 aromatic heterocycles. The number of H-pyrrole nitrogens is 1. The number of hydrogen-bond donors (Lipinski definition) is 3. The number of rotatable bonds is 8. The van der Waals surface area contributed by atoms with Crippen molar-refractivity contribution in [1.29, 1.82) is 0 Å². The molecular weight excluding hydrogens is 580 g/mol. The van der Waals surface area contributed by atoms with Crippen LogP contribution in [0, 0.1) is 11.7 Å². The van der Waals surface area contributed by atoms with Crippen LogP contribution >= 0.6 is 0 Å². The highest BCUT2D eigenvalue weighted by Crippen LogP contribution is 2.42. The monoisotopic (exact) mass is 608 g/mol. The minimum Gasteiger partial charge on any atom is -0.405 e. The summed E-state index contributed by atoms with van der Waals surface area (Å²) in [6, 6.07) is 1.06. The highest BCUT2D eigenvalue weighted by molar-refractivity contribution is 6.43. The number of carbonyl (C=O) groups is 2. The number of nitrogens with two attached hydrogens (primary N) is 1. The van der Waals surface area contributed by atoms with Gasteiger partial charge in [-0.2, -0.15) is 13.2 Å². The molecule has 2 aliphatic rings. The molecule has 1 unspecified atom stereocenters. The zero-order valence-corrected chi connectivity index (χ0v) is 22.3. The van der Waals surface area contributed by atoms with E-state index < -0.39 is 97.0 Å². The van der Waals surface area contributed by atoms with Gasteiger partial charge in [-0.15, -0.1) is 0 Å². The van der Waals surface area contributed by atoms with Crippen LogP contribution in [0.25, 0.3) is 11.0 Å². The Morgan fingerprint density at radius 3 is 2.38 bits per heavy atom. The van der Waals surface area contributed by atoms with Crippen LogP contribution in [0.3, 0.4) is 0 Å². The van der Waals surface area contributed by atoms with E-state index in [9.17, 15) is 40.3 Å². The fourth-order valence-corrected chi connectivity index (χ4v) is 5.31. The van der Waals surface area contributed by atoms with Crippen molar-refractivity contribution in [3.05, 3.63) is 41.6 Å². The number of imidazole rings is 1. The summed E-state index contributed by atoms with van der Waals surface area (Å²) in [5.74, 6) is -12.3. The molecule has 8 nitrogen and oxygen atoms in total. The number of fused-ring (bicyclic) bond motifs is 1. The highest BCUT2D eigenvalue weighted by Gasteiger charge is 2.50. The number of alkyl halides is 7. The van der Waals surface area contributed by atoms with Crippen molar-refractivity contribution in [2.45, 2.75) is 62.1 Å². The lowest BCUT2D eigenvalue weighted by Crippen LogP contribution is -2.59. The van der Waals surface area contributed by atoms with Crippen LogP contribution in [0.5, 0.6) is 0 Å². The van der Waals surface area contributed by atoms with Crippen molar-refractivity contribution >= 4 is 28.6 Å². The van der Waals surface area contributed by atoms with Gasteiger partial charge in [-0.25, -0.2) is 26.9 Å². The largest absolute Gasteiger partial charge is 0.405 e. The number of aromatic nitrogens is 2. The standard InChI is InChI=1S/C26H28F8N6O2/c1-36-17(6-9-35)22(41)39-19(13-4-7-24(28,29)8-5-13)21-37-16-3-2-14(18(27)20(16)38-21)15(10-26(32,33)34)23(42)40-11-25(30,31)12-40/h2-3,6,9,13,15,19H,4-5,7-8,10-12,35H2,1H3,(H,37,38)(H,39,41)/b9-6-,36-17?/t15?,19-/m0/s1. The zero-order valence-electron chi connectivity index (χ0n) is 22.3. The van der Waals surface area contributed by atoms with Gasteiger partial charge < -0.3 is 20.9 Å². The first kappa shape index (κ1) is 31.2. The van der Waals surface area contributed by atoms with Crippen LogP contribution in [-0.2, 0) is 9.59 Å². The predicted molar refractivity (Wildman–Crippen MR) is 135 cm³/mol. The van der Waals surface area contributed by atoms with Crippen LogP contribution in [0.2, 0.25) is 0 Å². The first-order valence-corrected chi connectivity index (χ1v) is 13.0. The smallest absolute Gasteiger partial charge is 0.390 e. The minimum atomic E-state index is -4.93. The number of aromatic amines is 1. The number of amides is 2. The van der Waals surface area contributed by atoms with Gasteiger partial charge in [0.1, 0.15) is 17.1 Å². The summed E-state index contributed by atoms with van der Waals surface area (Å²) in [5, 5.41) is 2.65. The number of aliphatic imine (C=N–C) groups is 1. The molecule has 0 radical (unpaired) electrons. The van der Waals surface area contributed by atoms with Gasteiger partial charge in [0, 0.05) is 25.5 Å². The van der Waals surface area contributed by atoms with E-state index in [-0.39, 0.29) is 29.9 Å². The molecule has 2 atom stereocenters. The SMILES string of the molecule is CN=C(/C=C\N)C(=O)N[C@H](c1nc2c(F)c(C(CC(F)(F)F)C(=O)N3CC(F)(F)C3)ccc2[nH]1)C1CCC(F)(F)CC1. The molecule has 4 rings (SSSR count). The van der Waals surface area contributed by atoms with E-state index in [4.69, 9.17) is 5.73 Å². The van der Waals surface area contributed by atoms with E-state index in [1.54, 1.807) is 0 Å². The third-order valence-electron chi connectivity index (χ3n) is 7.45. The third-order valence-corrected chi connectivity index (χ3v) is 7.45. The summed E-state index contributed by atoms with van der Waals surface area (Å²) in [6.45, 7) is -2.17. The number of benzene rings is 1. The second-order valence-electron chi connectivity index (χ2n) is 10.5. The van der Waals surface area contributed by atoms with Crippen LogP contribution < -0.4 is 11.1 Å². The minimum absolute atomic E-state index is 0.00781. The van der Waals surface area contributed by atoms with Gasteiger partial charge in [0.15, 0.2) is 5.82 Å². The van der Waals surface area contributed by atoms with Gasteiger partial charge in [-0.3, -0.25) is 14.6 Å². The topological polar surface area (TPSA) is 116 Å². The third kappa shape index (κ3) is 6.84. The van der Waals surface area contributed by atoms with Crippen LogP contribution in [0.15, 0.2) is 29.4 Å². The molecule has 230 valence electrons. The Kier molecular flexibility index (Phi) is 8.56. The average molecular weight is 609 g/mol. The van der Waals surface area contributed by atoms with Gasteiger partial charge in [-0.05, 0) is 37.1 Å². The second-order valence-corrected chi connectivity index (χ2v) is 10.5. The van der Waals surface area contributed by atoms with Crippen LogP contribution in [-0.4, -0.2) is 70.6 Å². The fourth-order valence-electron chi connectivity index (χ4n) is 5.31. The molecular formula is C26H28F8N6O2. The lowest BCUT2D eigenvalue weighted by Gasteiger charge is -2.40. The molecule has 2 fully saturated rings. The normalized spacial score (nSPS) is 20.9. The van der Waals surface area contributed by atoms with Crippen LogP contribution in [0.1, 0.15) is 55.5 Å². The van der Waals surface area contributed by atoms with Gasteiger partial charge in [0.2, 0.25) is 11.8 Å². The Morgan fingerprint density at radius 1 is 1.19 bits per heavy atom. The van der Waals surface area contributed by atoms with Gasteiger partial charge in [-0.1, -0.05) is 6.07 Å². The van der Waals surface area contributed by atoms with E-state index in [1.807, 2.05) is 0 Å². The van der Waals surface area contributed by atoms with E-state index in [1.165, 1.54) is 19.2 Å². The Balaban J connectivity index is 1.72. The van der Waals surface area contributed by atoms with Gasteiger partial charge >= 0.3 is 6.18 Å². The number of halogens is 8. The summed E-state index contributed by atoms with van der Waals surface area (Å²) in [4.78, 5) is 37.0. The van der Waals surface area contributed by atoms with Crippen molar-refractivity contribution in [3.63, 3.8) is 0 Å². The Hall–Kier alpha value is -3.72. The second kappa shape index (κ2) is 11.5. The van der Waals surface area contributed by atoms with Crippen molar-refractivity contribution in [3.8, 4) is 0 Å². The Morgan fingerprint density at radius 2 is 1.83 bits per heavy atom. The maximum absolute atomic E-state index is 15.8. The summed E-state index contributed by atoms with van der Waals surface area (Å²) in [6.07, 6.45) is -5.47. The lowest BCUT2D eigenvalue weighted by molar-refractivity contribution is -0.175. The molecule has 16 heteroatoms. The zero-order chi connectivity index (χ0) is 31.0.